The summed E-state index contributed by atoms with van der Waals surface area (Å²) in [5, 5.41) is 3.48. The van der Waals surface area contributed by atoms with Gasteiger partial charge >= 0.3 is 0 Å². The van der Waals surface area contributed by atoms with Gasteiger partial charge in [-0.05, 0) is 82.9 Å². The van der Waals surface area contributed by atoms with Crippen LogP contribution < -0.4 is 19.7 Å². The molecule has 1 heterocycles. The molecule has 7 heteroatoms. The van der Waals surface area contributed by atoms with E-state index in [1.807, 2.05) is 74.8 Å². The van der Waals surface area contributed by atoms with E-state index in [1.165, 1.54) is 0 Å². The molecule has 0 bridgehead atoms. The van der Waals surface area contributed by atoms with Crippen LogP contribution >= 0.6 is 0 Å². The molecule has 1 N–H and O–H groups in total. The lowest BCUT2D eigenvalue weighted by molar-refractivity contribution is -0.137. The van der Waals surface area contributed by atoms with E-state index in [0.717, 1.165) is 36.2 Å². The minimum atomic E-state index is -0.0401. The van der Waals surface area contributed by atoms with E-state index in [0.29, 0.717) is 37.6 Å². The number of anilines is 1. The smallest absolute Gasteiger partial charge is 0.260 e. The first-order chi connectivity index (χ1) is 17.3. The van der Waals surface area contributed by atoms with Gasteiger partial charge in [-0.2, -0.15) is 0 Å². The lowest BCUT2D eigenvalue weighted by Crippen LogP contribution is -2.44. The van der Waals surface area contributed by atoms with Crippen molar-refractivity contribution in [2.75, 3.05) is 24.7 Å². The molecule has 36 heavy (non-hydrogen) atoms. The minimum Gasteiger partial charge on any atom is -0.490 e. The van der Waals surface area contributed by atoms with E-state index in [-0.39, 0.29) is 30.5 Å². The van der Waals surface area contributed by atoms with Gasteiger partial charge < -0.3 is 24.6 Å². The van der Waals surface area contributed by atoms with Crippen LogP contribution in [0.4, 0.5) is 5.69 Å². The summed E-state index contributed by atoms with van der Waals surface area (Å²) in [5.41, 5.74) is 3.17. The number of rotatable bonds is 12. The summed E-state index contributed by atoms with van der Waals surface area (Å²) in [6.45, 7) is 12.6. The maximum absolute atomic E-state index is 12.7. The fourth-order valence-corrected chi connectivity index (χ4v) is 4.70. The van der Waals surface area contributed by atoms with E-state index in [9.17, 15) is 9.59 Å². The average Bonchev–Trinajstić information content (AvgIpc) is 2.84. The Hall–Kier alpha value is -3.06. The largest absolute Gasteiger partial charge is 0.490 e. The van der Waals surface area contributed by atoms with Crippen molar-refractivity contribution < 1.29 is 19.1 Å². The number of nitrogens with zero attached hydrogens (tertiary/aromatic N) is 2. The number of hydrogen-bond acceptors (Lipinski definition) is 5. The van der Waals surface area contributed by atoms with Gasteiger partial charge in [-0.3, -0.25) is 9.59 Å². The summed E-state index contributed by atoms with van der Waals surface area (Å²) >= 11 is 0. The van der Waals surface area contributed by atoms with Gasteiger partial charge in [-0.15, -0.1) is 0 Å². The molecule has 1 fully saturated rings. The Balaban J connectivity index is 1.59. The average molecular weight is 496 g/mol. The maximum Gasteiger partial charge on any atom is 0.260 e. The number of hydrogen-bond donors (Lipinski definition) is 1. The first-order valence-corrected chi connectivity index (χ1v) is 13.1. The summed E-state index contributed by atoms with van der Waals surface area (Å²) < 4.78 is 11.7. The molecule has 1 aliphatic heterocycles. The predicted octanol–water partition coefficient (Wildman–Crippen LogP) is 4.92. The highest BCUT2D eigenvalue weighted by atomic mass is 16.5. The monoisotopic (exact) mass is 495 g/mol. The van der Waals surface area contributed by atoms with E-state index < -0.39 is 0 Å². The molecular weight excluding hydrogens is 454 g/mol. The fourth-order valence-electron chi connectivity index (χ4n) is 4.70. The second-order valence-electron chi connectivity index (χ2n) is 9.77. The van der Waals surface area contributed by atoms with Gasteiger partial charge in [0.25, 0.3) is 5.91 Å². The molecule has 0 unspecified atom stereocenters. The molecule has 0 spiro atoms. The van der Waals surface area contributed by atoms with Crippen LogP contribution in [0.2, 0.25) is 0 Å². The highest BCUT2D eigenvalue weighted by Gasteiger charge is 2.21. The van der Waals surface area contributed by atoms with E-state index >= 15 is 0 Å². The summed E-state index contributed by atoms with van der Waals surface area (Å²) in [7, 11) is 0. The maximum atomic E-state index is 12.7. The molecule has 7 nitrogen and oxygen atoms in total. The number of amides is 2. The van der Waals surface area contributed by atoms with Crippen molar-refractivity contribution in [2.24, 2.45) is 0 Å². The molecule has 0 saturated carbocycles. The number of ether oxygens (including phenoxy) is 2. The minimum absolute atomic E-state index is 0.0239. The van der Waals surface area contributed by atoms with Crippen molar-refractivity contribution in [1.29, 1.82) is 0 Å². The lowest BCUT2D eigenvalue weighted by Gasteiger charge is -2.30. The predicted molar refractivity (Wildman–Crippen MR) is 143 cm³/mol. The Bertz CT molecular complexity index is 1010. The zero-order chi connectivity index (χ0) is 26.1. The van der Waals surface area contributed by atoms with Crippen LogP contribution in [-0.4, -0.2) is 48.6 Å². The highest BCUT2D eigenvalue weighted by Crippen LogP contribution is 2.29. The number of piperidine rings is 1. The first kappa shape index (κ1) is 27.5. The molecule has 1 aliphatic rings. The summed E-state index contributed by atoms with van der Waals surface area (Å²) in [6.07, 6.45) is 2.67. The molecule has 2 amide bonds. The van der Waals surface area contributed by atoms with Crippen LogP contribution in [0.1, 0.15) is 65.0 Å². The normalized spacial score (nSPS) is 13.9. The molecule has 2 aromatic carbocycles. The van der Waals surface area contributed by atoms with Gasteiger partial charge in [0, 0.05) is 43.8 Å². The van der Waals surface area contributed by atoms with Gasteiger partial charge in [0.2, 0.25) is 5.91 Å². The second-order valence-corrected chi connectivity index (χ2v) is 9.77. The fraction of sp³-hybridized carbons (Fsp3) is 0.517. The Labute approximate surface area is 215 Å². The summed E-state index contributed by atoms with van der Waals surface area (Å²) in [4.78, 5) is 28.7. The zero-order valence-corrected chi connectivity index (χ0v) is 22.4. The molecule has 3 rings (SSSR count). The van der Waals surface area contributed by atoms with Crippen LogP contribution in [-0.2, 0) is 22.7 Å². The van der Waals surface area contributed by atoms with E-state index in [4.69, 9.17) is 9.47 Å². The third-order valence-electron chi connectivity index (χ3n) is 6.26. The van der Waals surface area contributed by atoms with Gasteiger partial charge in [-0.25, -0.2) is 0 Å². The number of carbonyl (C=O) groups is 2. The van der Waals surface area contributed by atoms with Crippen molar-refractivity contribution in [3.63, 3.8) is 0 Å². The molecule has 196 valence electrons. The molecule has 2 aromatic rings. The van der Waals surface area contributed by atoms with Crippen molar-refractivity contribution in [1.82, 2.24) is 10.2 Å². The lowest BCUT2D eigenvalue weighted by atomic mass is 10.1. The molecule has 0 atom stereocenters. The quantitative estimate of drug-likeness (QED) is 0.453. The zero-order valence-electron chi connectivity index (χ0n) is 22.4. The Kier molecular flexibility index (Phi) is 10.2. The summed E-state index contributed by atoms with van der Waals surface area (Å²) in [5.74, 6) is 1.37. The van der Waals surface area contributed by atoms with Crippen molar-refractivity contribution in [2.45, 2.75) is 79.1 Å². The topological polar surface area (TPSA) is 71.1 Å². The highest BCUT2D eigenvalue weighted by molar-refractivity contribution is 5.94. The van der Waals surface area contributed by atoms with Crippen molar-refractivity contribution in [3.8, 4) is 11.5 Å². The van der Waals surface area contributed by atoms with E-state index in [2.05, 4.69) is 17.4 Å². The van der Waals surface area contributed by atoms with Crippen molar-refractivity contribution >= 4 is 17.5 Å². The SMILES string of the molecule is CCOc1cc(CNCc2cccc(N3CCCCC3=O)c2)ccc1OCC(=O)N(C(C)C)C(C)C. The van der Waals surface area contributed by atoms with Crippen LogP contribution in [0.3, 0.4) is 0 Å². The number of benzene rings is 2. The second kappa shape index (κ2) is 13.3. The molecular formula is C29H41N3O4. The Morgan fingerprint density at radius 1 is 0.972 bits per heavy atom. The van der Waals surface area contributed by atoms with Crippen LogP contribution in [0.5, 0.6) is 11.5 Å². The molecule has 0 aliphatic carbocycles. The third kappa shape index (κ3) is 7.47. The number of nitrogens with one attached hydrogen (secondary N) is 1. The van der Waals surface area contributed by atoms with Crippen LogP contribution in [0.25, 0.3) is 0 Å². The Morgan fingerprint density at radius 3 is 2.36 bits per heavy atom. The standard InChI is InChI=1S/C29H41N3O4/c1-6-35-27-17-24(13-14-26(27)36-20-29(34)32(21(2)3)22(4)5)19-30-18-23-10-9-11-25(16-23)31-15-8-7-12-28(31)33/h9-11,13-14,16-17,21-22,30H,6-8,12,15,18-20H2,1-5H3. The number of carbonyl (C=O) groups excluding carboxylic acids is 2. The van der Waals surface area contributed by atoms with Crippen LogP contribution in [0, 0.1) is 0 Å². The molecule has 0 aromatic heterocycles. The van der Waals surface area contributed by atoms with Gasteiger partial charge in [0.05, 0.1) is 6.61 Å². The van der Waals surface area contributed by atoms with Crippen molar-refractivity contribution in [3.05, 3.63) is 53.6 Å². The van der Waals surface area contributed by atoms with Gasteiger partial charge in [0.15, 0.2) is 18.1 Å². The van der Waals surface area contributed by atoms with Gasteiger partial charge in [0.1, 0.15) is 0 Å². The Morgan fingerprint density at radius 2 is 1.69 bits per heavy atom. The van der Waals surface area contributed by atoms with Crippen LogP contribution in [0.15, 0.2) is 42.5 Å². The summed E-state index contributed by atoms with van der Waals surface area (Å²) in [6, 6.07) is 14.2. The third-order valence-corrected chi connectivity index (χ3v) is 6.26. The molecule has 0 radical (unpaired) electrons. The molecule has 1 saturated heterocycles. The van der Waals surface area contributed by atoms with Gasteiger partial charge in [-0.1, -0.05) is 18.2 Å². The first-order valence-electron chi connectivity index (χ1n) is 13.1. The van der Waals surface area contributed by atoms with E-state index in [1.54, 1.807) is 0 Å².